The lowest BCUT2D eigenvalue weighted by atomic mass is 9.98. The summed E-state index contributed by atoms with van der Waals surface area (Å²) in [6, 6.07) is 6.15. The van der Waals surface area contributed by atoms with E-state index in [0.717, 1.165) is 18.4 Å². The molecule has 23 heavy (non-hydrogen) atoms. The Morgan fingerprint density at radius 1 is 1.35 bits per heavy atom. The smallest absolute Gasteiger partial charge is 0.242 e. The molecule has 2 atom stereocenters. The Hall–Kier alpha value is -1.46. The number of nitrogens with zero attached hydrogens (tertiary/aromatic N) is 1. The van der Waals surface area contributed by atoms with Crippen LogP contribution in [0.4, 0.5) is 4.39 Å². The van der Waals surface area contributed by atoms with Crippen LogP contribution < -0.4 is 5.32 Å². The Kier molecular flexibility index (Phi) is 4.43. The van der Waals surface area contributed by atoms with Gasteiger partial charge in [0.15, 0.2) is 0 Å². The minimum atomic E-state index is -0.401. The van der Waals surface area contributed by atoms with Crippen molar-refractivity contribution in [1.82, 2.24) is 10.2 Å². The van der Waals surface area contributed by atoms with Crippen LogP contribution in [0.15, 0.2) is 24.3 Å². The number of morpholine rings is 1. The molecular formula is C18H25FN2O2. The van der Waals surface area contributed by atoms with Crippen LogP contribution in [0.2, 0.25) is 0 Å². The lowest BCUT2D eigenvalue weighted by molar-refractivity contribution is -0.150. The molecule has 0 unspecified atom stereocenters. The molecule has 1 heterocycles. The van der Waals surface area contributed by atoms with E-state index in [4.69, 9.17) is 4.74 Å². The van der Waals surface area contributed by atoms with Gasteiger partial charge in [0, 0.05) is 19.1 Å². The zero-order valence-electron chi connectivity index (χ0n) is 14.0. The summed E-state index contributed by atoms with van der Waals surface area (Å²) in [5, 5.41) is 3.09. The fraction of sp³-hybridized carbons (Fsp3) is 0.611. The van der Waals surface area contributed by atoms with Gasteiger partial charge in [-0.15, -0.1) is 0 Å². The second kappa shape index (κ2) is 6.21. The SMILES string of the molecule is C[C@@H]1CN([C@H](C(=O)NC2CC2)c2ccc(F)cc2)CC(C)(C)O1. The molecule has 5 heteroatoms. The number of carbonyl (C=O) groups is 1. The molecule has 1 saturated carbocycles. The van der Waals surface area contributed by atoms with Gasteiger partial charge in [-0.05, 0) is 51.3 Å². The van der Waals surface area contributed by atoms with Gasteiger partial charge >= 0.3 is 0 Å². The first kappa shape index (κ1) is 16.4. The van der Waals surface area contributed by atoms with E-state index in [1.165, 1.54) is 12.1 Å². The van der Waals surface area contributed by atoms with E-state index in [0.29, 0.717) is 19.1 Å². The fourth-order valence-corrected chi connectivity index (χ4v) is 3.38. The largest absolute Gasteiger partial charge is 0.370 e. The Morgan fingerprint density at radius 2 is 2.00 bits per heavy atom. The van der Waals surface area contributed by atoms with Crippen molar-refractivity contribution >= 4 is 5.91 Å². The monoisotopic (exact) mass is 320 g/mol. The molecule has 0 aromatic heterocycles. The van der Waals surface area contributed by atoms with E-state index in [9.17, 15) is 9.18 Å². The first-order valence-electron chi connectivity index (χ1n) is 8.32. The number of ether oxygens (including phenoxy) is 1. The van der Waals surface area contributed by atoms with Crippen molar-refractivity contribution in [3.05, 3.63) is 35.6 Å². The van der Waals surface area contributed by atoms with Crippen LogP contribution >= 0.6 is 0 Å². The van der Waals surface area contributed by atoms with E-state index in [2.05, 4.69) is 10.2 Å². The maximum atomic E-state index is 13.3. The maximum absolute atomic E-state index is 13.3. The van der Waals surface area contributed by atoms with Gasteiger partial charge in [-0.1, -0.05) is 12.1 Å². The van der Waals surface area contributed by atoms with Gasteiger partial charge < -0.3 is 10.1 Å². The minimum Gasteiger partial charge on any atom is -0.370 e. The van der Waals surface area contributed by atoms with Crippen LogP contribution in [-0.4, -0.2) is 41.6 Å². The number of nitrogens with one attached hydrogen (secondary N) is 1. The normalized spacial score (nSPS) is 25.8. The average Bonchev–Trinajstić information content (AvgIpc) is 3.23. The molecule has 1 saturated heterocycles. The van der Waals surface area contributed by atoms with E-state index < -0.39 is 6.04 Å². The maximum Gasteiger partial charge on any atom is 0.242 e. The van der Waals surface area contributed by atoms with Gasteiger partial charge in [0.05, 0.1) is 11.7 Å². The van der Waals surface area contributed by atoms with Gasteiger partial charge in [-0.25, -0.2) is 4.39 Å². The zero-order valence-corrected chi connectivity index (χ0v) is 14.0. The molecule has 0 radical (unpaired) electrons. The zero-order chi connectivity index (χ0) is 16.6. The van der Waals surface area contributed by atoms with Crippen LogP contribution in [0.25, 0.3) is 0 Å². The van der Waals surface area contributed by atoms with E-state index in [1.54, 1.807) is 12.1 Å². The van der Waals surface area contributed by atoms with Gasteiger partial charge in [0.1, 0.15) is 11.9 Å². The van der Waals surface area contributed by atoms with Crippen molar-refractivity contribution in [2.75, 3.05) is 13.1 Å². The molecule has 1 aliphatic heterocycles. The van der Waals surface area contributed by atoms with Crippen molar-refractivity contribution in [3.8, 4) is 0 Å². The van der Waals surface area contributed by atoms with Crippen molar-refractivity contribution in [2.24, 2.45) is 0 Å². The lowest BCUT2D eigenvalue weighted by Gasteiger charge is -2.44. The quantitative estimate of drug-likeness (QED) is 0.927. The number of carbonyl (C=O) groups excluding carboxylic acids is 1. The molecule has 126 valence electrons. The van der Waals surface area contributed by atoms with Crippen LogP contribution in [0.5, 0.6) is 0 Å². The third-order valence-corrected chi connectivity index (χ3v) is 4.32. The molecule has 1 aromatic rings. The topological polar surface area (TPSA) is 41.6 Å². The molecular weight excluding hydrogens is 295 g/mol. The highest BCUT2D eigenvalue weighted by atomic mass is 19.1. The molecule has 3 rings (SSSR count). The summed E-state index contributed by atoms with van der Waals surface area (Å²) >= 11 is 0. The minimum absolute atomic E-state index is 0.00371. The number of hydrogen-bond acceptors (Lipinski definition) is 3. The fourth-order valence-electron chi connectivity index (χ4n) is 3.38. The van der Waals surface area contributed by atoms with Crippen LogP contribution in [-0.2, 0) is 9.53 Å². The lowest BCUT2D eigenvalue weighted by Crippen LogP contribution is -2.55. The number of rotatable bonds is 4. The van der Waals surface area contributed by atoms with E-state index >= 15 is 0 Å². The number of halogens is 1. The second-order valence-electron chi connectivity index (χ2n) is 7.35. The molecule has 1 N–H and O–H groups in total. The summed E-state index contributed by atoms with van der Waals surface area (Å²) in [5.74, 6) is -0.283. The average molecular weight is 320 g/mol. The van der Waals surface area contributed by atoms with Crippen LogP contribution in [0, 0.1) is 5.82 Å². The molecule has 1 amide bonds. The summed E-state index contributed by atoms with van der Waals surface area (Å²) in [6.45, 7) is 7.45. The van der Waals surface area contributed by atoms with Gasteiger partial charge in [0.2, 0.25) is 5.91 Å². The highest BCUT2D eigenvalue weighted by Gasteiger charge is 2.39. The third kappa shape index (κ3) is 4.09. The van der Waals surface area contributed by atoms with Crippen molar-refractivity contribution in [1.29, 1.82) is 0 Å². The van der Waals surface area contributed by atoms with Crippen LogP contribution in [0.3, 0.4) is 0 Å². The second-order valence-corrected chi connectivity index (χ2v) is 7.35. The number of benzene rings is 1. The predicted octanol–water partition coefficient (Wildman–Crippen LogP) is 2.64. The van der Waals surface area contributed by atoms with Crippen molar-refractivity contribution < 1.29 is 13.9 Å². The predicted molar refractivity (Wildman–Crippen MR) is 86.5 cm³/mol. The highest BCUT2D eigenvalue weighted by Crippen LogP contribution is 2.30. The van der Waals surface area contributed by atoms with E-state index in [-0.39, 0.29) is 23.4 Å². The van der Waals surface area contributed by atoms with Gasteiger partial charge in [0.25, 0.3) is 0 Å². The number of amides is 1. The number of hydrogen-bond donors (Lipinski definition) is 1. The summed E-state index contributed by atoms with van der Waals surface area (Å²) in [5.41, 5.74) is 0.518. The molecule has 1 aromatic carbocycles. The Morgan fingerprint density at radius 3 is 2.57 bits per heavy atom. The summed E-state index contributed by atoms with van der Waals surface area (Å²) in [7, 11) is 0. The summed E-state index contributed by atoms with van der Waals surface area (Å²) in [6.07, 6.45) is 2.15. The molecule has 0 spiro atoms. The van der Waals surface area contributed by atoms with Crippen LogP contribution in [0.1, 0.15) is 45.2 Å². The highest BCUT2D eigenvalue weighted by molar-refractivity contribution is 5.83. The summed E-state index contributed by atoms with van der Waals surface area (Å²) in [4.78, 5) is 15.0. The molecule has 2 fully saturated rings. The first-order valence-corrected chi connectivity index (χ1v) is 8.32. The van der Waals surface area contributed by atoms with Gasteiger partial charge in [-0.2, -0.15) is 0 Å². The Balaban J connectivity index is 1.87. The first-order chi connectivity index (χ1) is 10.8. The standard InChI is InChI=1S/C18H25FN2O2/c1-12-10-21(11-18(2,3)23-12)16(17(22)20-15-8-9-15)13-4-6-14(19)7-5-13/h4-7,12,15-16H,8-11H2,1-3H3,(H,20,22)/t12-,16+/m1/s1. The third-order valence-electron chi connectivity index (χ3n) is 4.32. The van der Waals surface area contributed by atoms with Crippen molar-refractivity contribution in [3.63, 3.8) is 0 Å². The molecule has 2 aliphatic rings. The Bertz CT molecular complexity index is 569. The molecule has 1 aliphatic carbocycles. The molecule has 0 bridgehead atoms. The van der Waals surface area contributed by atoms with Crippen molar-refractivity contribution in [2.45, 2.75) is 57.4 Å². The summed E-state index contributed by atoms with van der Waals surface area (Å²) < 4.78 is 19.2. The Labute approximate surface area is 137 Å². The van der Waals surface area contributed by atoms with Gasteiger partial charge in [-0.3, -0.25) is 9.69 Å². The molecule has 4 nitrogen and oxygen atoms in total. The van der Waals surface area contributed by atoms with E-state index in [1.807, 2.05) is 20.8 Å².